The molecule has 0 N–H and O–H groups in total. The maximum absolute atomic E-state index is 11.5. The number of rotatable bonds is 2. The van der Waals surface area contributed by atoms with Crippen LogP contribution >= 0.6 is 11.3 Å². The number of hydrogen-bond acceptors (Lipinski definition) is 4. The van der Waals surface area contributed by atoms with Crippen molar-refractivity contribution in [3.63, 3.8) is 0 Å². The molecule has 3 rings (SSSR count). The van der Waals surface area contributed by atoms with E-state index in [1.807, 2.05) is 0 Å². The van der Waals surface area contributed by atoms with E-state index in [9.17, 15) is 4.79 Å². The molecule has 0 spiro atoms. The highest BCUT2D eigenvalue weighted by atomic mass is 32.1. The SMILES string of the molecule is COC(=O)c1csc(C2CCCc3ccccc32)n1. The second-order valence-electron chi connectivity index (χ2n) is 4.71. The van der Waals surface area contributed by atoms with Gasteiger partial charge in [-0.3, -0.25) is 0 Å². The number of thiazole rings is 1. The number of nitrogens with zero attached hydrogens (tertiary/aromatic N) is 1. The van der Waals surface area contributed by atoms with Crippen molar-refractivity contribution in [2.24, 2.45) is 0 Å². The molecule has 98 valence electrons. The number of carbonyl (C=O) groups is 1. The fraction of sp³-hybridized carbons (Fsp3) is 0.333. The Morgan fingerprint density at radius 3 is 3.11 bits per heavy atom. The van der Waals surface area contributed by atoms with Crippen molar-refractivity contribution in [2.75, 3.05) is 7.11 Å². The van der Waals surface area contributed by atoms with Crippen molar-refractivity contribution < 1.29 is 9.53 Å². The van der Waals surface area contributed by atoms with Gasteiger partial charge in [-0.15, -0.1) is 11.3 Å². The lowest BCUT2D eigenvalue weighted by atomic mass is 9.83. The summed E-state index contributed by atoms with van der Waals surface area (Å²) < 4.78 is 4.71. The number of methoxy groups -OCH3 is 1. The molecule has 0 amide bonds. The van der Waals surface area contributed by atoms with Gasteiger partial charge in [-0.2, -0.15) is 0 Å². The number of carbonyl (C=O) groups excluding carboxylic acids is 1. The molecular weight excluding hydrogens is 258 g/mol. The van der Waals surface area contributed by atoms with Crippen molar-refractivity contribution in [1.82, 2.24) is 4.98 Å². The molecule has 0 saturated carbocycles. The topological polar surface area (TPSA) is 39.2 Å². The molecule has 1 atom stereocenters. The van der Waals surface area contributed by atoms with Crippen molar-refractivity contribution in [3.8, 4) is 0 Å². The van der Waals surface area contributed by atoms with Crippen molar-refractivity contribution in [3.05, 3.63) is 51.5 Å². The van der Waals surface area contributed by atoms with Crippen LogP contribution in [0.5, 0.6) is 0 Å². The number of esters is 1. The fourth-order valence-corrected chi connectivity index (χ4v) is 3.60. The minimum absolute atomic E-state index is 0.327. The Balaban J connectivity index is 1.95. The van der Waals surface area contributed by atoms with Crippen LogP contribution in [0.2, 0.25) is 0 Å². The van der Waals surface area contributed by atoms with Gasteiger partial charge in [-0.1, -0.05) is 24.3 Å². The summed E-state index contributed by atoms with van der Waals surface area (Å²) in [6.07, 6.45) is 3.42. The number of aryl methyl sites for hydroxylation is 1. The third-order valence-electron chi connectivity index (χ3n) is 3.58. The maximum atomic E-state index is 11.5. The zero-order valence-corrected chi connectivity index (χ0v) is 11.6. The summed E-state index contributed by atoms with van der Waals surface area (Å²) in [6.45, 7) is 0. The van der Waals surface area contributed by atoms with Crippen LogP contribution in [0.15, 0.2) is 29.6 Å². The molecule has 1 unspecified atom stereocenters. The van der Waals surface area contributed by atoms with E-state index in [1.54, 1.807) is 16.7 Å². The minimum Gasteiger partial charge on any atom is -0.464 e. The number of fused-ring (bicyclic) bond motifs is 1. The molecular formula is C15H15NO2S. The second kappa shape index (κ2) is 5.13. The fourth-order valence-electron chi connectivity index (χ4n) is 2.66. The Bertz CT molecular complexity index is 606. The van der Waals surface area contributed by atoms with E-state index in [0.29, 0.717) is 11.6 Å². The molecule has 3 nitrogen and oxygen atoms in total. The molecule has 0 aliphatic heterocycles. The van der Waals surface area contributed by atoms with E-state index < -0.39 is 0 Å². The molecule has 0 bridgehead atoms. The summed E-state index contributed by atoms with van der Waals surface area (Å²) in [5.74, 6) is -0.0278. The van der Waals surface area contributed by atoms with Crippen LogP contribution in [0, 0.1) is 0 Å². The zero-order chi connectivity index (χ0) is 13.2. The lowest BCUT2D eigenvalue weighted by Gasteiger charge is -2.23. The zero-order valence-electron chi connectivity index (χ0n) is 10.8. The van der Waals surface area contributed by atoms with Crippen LogP contribution in [-0.4, -0.2) is 18.1 Å². The Hall–Kier alpha value is -1.68. The molecule has 1 aliphatic rings. The molecule has 1 aliphatic carbocycles. The summed E-state index contributed by atoms with van der Waals surface area (Å²) in [4.78, 5) is 15.9. The number of benzene rings is 1. The molecule has 0 fully saturated rings. The molecule has 4 heteroatoms. The van der Waals surface area contributed by atoms with Crippen molar-refractivity contribution in [2.45, 2.75) is 25.2 Å². The molecule has 0 radical (unpaired) electrons. The van der Waals surface area contributed by atoms with Gasteiger partial charge in [0.25, 0.3) is 0 Å². The average molecular weight is 273 g/mol. The third-order valence-corrected chi connectivity index (χ3v) is 4.54. The maximum Gasteiger partial charge on any atom is 0.357 e. The van der Waals surface area contributed by atoms with E-state index in [-0.39, 0.29) is 5.97 Å². The van der Waals surface area contributed by atoms with E-state index >= 15 is 0 Å². The van der Waals surface area contributed by atoms with E-state index in [1.165, 1.54) is 24.7 Å². The lowest BCUT2D eigenvalue weighted by molar-refractivity contribution is 0.0594. The highest BCUT2D eigenvalue weighted by molar-refractivity contribution is 7.10. The number of ether oxygens (including phenoxy) is 1. The van der Waals surface area contributed by atoms with E-state index in [0.717, 1.165) is 17.8 Å². The van der Waals surface area contributed by atoms with Crippen LogP contribution in [0.3, 0.4) is 0 Å². The van der Waals surface area contributed by atoms with Crippen molar-refractivity contribution >= 4 is 17.3 Å². The Labute approximate surface area is 116 Å². The van der Waals surface area contributed by atoms with Crippen LogP contribution in [-0.2, 0) is 11.2 Å². The van der Waals surface area contributed by atoms with Crippen LogP contribution in [0.4, 0.5) is 0 Å². The van der Waals surface area contributed by atoms with Gasteiger partial charge in [0.2, 0.25) is 0 Å². The lowest BCUT2D eigenvalue weighted by Crippen LogP contribution is -2.11. The monoisotopic (exact) mass is 273 g/mol. The molecule has 0 saturated heterocycles. The molecule has 2 aromatic rings. The summed E-state index contributed by atoms with van der Waals surface area (Å²) >= 11 is 1.55. The Morgan fingerprint density at radius 1 is 1.42 bits per heavy atom. The summed E-state index contributed by atoms with van der Waals surface area (Å²) in [7, 11) is 1.39. The first kappa shape index (κ1) is 12.4. The summed E-state index contributed by atoms with van der Waals surface area (Å²) in [6, 6.07) is 8.53. The van der Waals surface area contributed by atoms with Gasteiger partial charge in [0, 0.05) is 11.3 Å². The third kappa shape index (κ3) is 2.28. The van der Waals surface area contributed by atoms with Gasteiger partial charge >= 0.3 is 5.97 Å². The van der Waals surface area contributed by atoms with Crippen LogP contribution in [0.1, 0.15) is 45.4 Å². The summed E-state index contributed by atoms with van der Waals surface area (Å²) in [5.41, 5.74) is 3.19. The van der Waals surface area contributed by atoms with Gasteiger partial charge < -0.3 is 4.74 Å². The smallest absolute Gasteiger partial charge is 0.357 e. The quantitative estimate of drug-likeness (QED) is 0.787. The average Bonchev–Trinajstić information content (AvgIpc) is 2.95. The highest BCUT2D eigenvalue weighted by Crippen LogP contribution is 2.37. The number of hydrogen-bond donors (Lipinski definition) is 0. The Morgan fingerprint density at radius 2 is 2.26 bits per heavy atom. The predicted molar refractivity (Wildman–Crippen MR) is 74.7 cm³/mol. The summed E-state index contributed by atoms with van der Waals surface area (Å²) in [5, 5.41) is 2.81. The normalized spacial score (nSPS) is 17.8. The van der Waals surface area contributed by atoms with Crippen LogP contribution in [0.25, 0.3) is 0 Å². The van der Waals surface area contributed by atoms with Crippen LogP contribution < -0.4 is 0 Å². The number of aromatic nitrogens is 1. The van der Waals surface area contributed by atoms with Crippen molar-refractivity contribution in [1.29, 1.82) is 0 Å². The Kier molecular flexibility index (Phi) is 3.34. The minimum atomic E-state index is -0.355. The molecule has 1 aromatic carbocycles. The second-order valence-corrected chi connectivity index (χ2v) is 5.60. The van der Waals surface area contributed by atoms with Gasteiger partial charge in [-0.25, -0.2) is 9.78 Å². The standard InChI is InChI=1S/C15H15NO2S/c1-18-15(17)13-9-19-14(16-13)12-8-4-6-10-5-2-3-7-11(10)12/h2-3,5,7,9,12H,4,6,8H2,1H3. The van der Waals surface area contributed by atoms with Gasteiger partial charge in [0.1, 0.15) is 5.01 Å². The first-order valence-electron chi connectivity index (χ1n) is 6.41. The van der Waals surface area contributed by atoms with E-state index in [2.05, 4.69) is 29.2 Å². The predicted octanol–water partition coefficient (Wildman–Crippen LogP) is 3.40. The molecule has 1 heterocycles. The largest absolute Gasteiger partial charge is 0.464 e. The van der Waals surface area contributed by atoms with Gasteiger partial charge in [0.15, 0.2) is 5.69 Å². The molecule has 19 heavy (non-hydrogen) atoms. The van der Waals surface area contributed by atoms with Gasteiger partial charge in [-0.05, 0) is 30.4 Å². The highest BCUT2D eigenvalue weighted by Gasteiger charge is 2.24. The first-order valence-corrected chi connectivity index (χ1v) is 7.29. The van der Waals surface area contributed by atoms with Gasteiger partial charge in [0.05, 0.1) is 7.11 Å². The molecule has 1 aromatic heterocycles. The van der Waals surface area contributed by atoms with E-state index in [4.69, 9.17) is 4.74 Å². The first-order chi connectivity index (χ1) is 9.29.